The van der Waals surface area contributed by atoms with E-state index in [-0.39, 0.29) is 0 Å². The summed E-state index contributed by atoms with van der Waals surface area (Å²) in [5.41, 5.74) is 1.05. The molecular formula is C10H10Cl3N. The van der Waals surface area contributed by atoms with Crippen molar-refractivity contribution in [3.05, 3.63) is 32.8 Å². The van der Waals surface area contributed by atoms with Gasteiger partial charge in [-0.1, -0.05) is 40.9 Å². The zero-order chi connectivity index (χ0) is 10.1. The topological polar surface area (TPSA) is 12.0 Å². The summed E-state index contributed by atoms with van der Waals surface area (Å²) >= 11 is 17.9. The lowest BCUT2D eigenvalue weighted by Crippen LogP contribution is -2.13. The second-order valence-corrected chi connectivity index (χ2v) is 4.58. The van der Waals surface area contributed by atoms with E-state index in [1.54, 1.807) is 6.07 Å². The third-order valence-electron chi connectivity index (χ3n) is 2.50. The summed E-state index contributed by atoms with van der Waals surface area (Å²) in [5, 5.41) is 4.93. The third-order valence-corrected chi connectivity index (χ3v) is 3.81. The molecule has 2 rings (SSSR count). The first-order valence-electron chi connectivity index (χ1n) is 4.57. The maximum atomic E-state index is 6.12. The molecule has 1 aliphatic rings. The molecule has 0 saturated carbocycles. The van der Waals surface area contributed by atoms with Crippen molar-refractivity contribution in [2.75, 3.05) is 6.54 Å². The maximum absolute atomic E-state index is 6.12. The van der Waals surface area contributed by atoms with Crippen molar-refractivity contribution in [2.45, 2.75) is 18.9 Å². The smallest absolute Gasteiger partial charge is 0.0781 e. The molecule has 4 heteroatoms. The van der Waals surface area contributed by atoms with Crippen molar-refractivity contribution in [1.82, 2.24) is 5.32 Å². The van der Waals surface area contributed by atoms with E-state index >= 15 is 0 Å². The van der Waals surface area contributed by atoms with Crippen LogP contribution in [-0.2, 0) is 0 Å². The summed E-state index contributed by atoms with van der Waals surface area (Å²) in [6, 6.07) is 4.07. The van der Waals surface area contributed by atoms with Crippen LogP contribution in [0.5, 0.6) is 0 Å². The number of rotatable bonds is 1. The molecule has 0 unspecified atom stereocenters. The average Bonchev–Trinajstić information content (AvgIpc) is 2.67. The summed E-state index contributed by atoms with van der Waals surface area (Å²) in [4.78, 5) is 0. The quantitative estimate of drug-likeness (QED) is 0.741. The van der Waals surface area contributed by atoms with Gasteiger partial charge < -0.3 is 5.32 Å². The van der Waals surface area contributed by atoms with E-state index < -0.39 is 0 Å². The molecular weight excluding hydrogens is 240 g/mol. The number of benzene rings is 1. The molecule has 1 N–H and O–H groups in total. The van der Waals surface area contributed by atoms with Crippen molar-refractivity contribution in [2.24, 2.45) is 0 Å². The van der Waals surface area contributed by atoms with E-state index in [0.29, 0.717) is 21.1 Å². The summed E-state index contributed by atoms with van der Waals surface area (Å²) in [7, 11) is 0. The Morgan fingerprint density at radius 1 is 1.14 bits per heavy atom. The van der Waals surface area contributed by atoms with Crippen LogP contribution in [0.4, 0.5) is 0 Å². The predicted molar refractivity (Wildman–Crippen MR) is 61.4 cm³/mol. The lowest BCUT2D eigenvalue weighted by atomic mass is 10.1. The van der Waals surface area contributed by atoms with Crippen LogP contribution >= 0.6 is 34.8 Å². The van der Waals surface area contributed by atoms with Crippen molar-refractivity contribution in [3.8, 4) is 0 Å². The molecule has 1 fully saturated rings. The fourth-order valence-corrected chi connectivity index (χ4v) is 2.43. The number of nitrogens with one attached hydrogen (secondary N) is 1. The monoisotopic (exact) mass is 249 g/mol. The Balaban J connectivity index is 2.38. The molecule has 1 nitrogen and oxygen atoms in total. The van der Waals surface area contributed by atoms with Gasteiger partial charge in [-0.2, -0.15) is 0 Å². The van der Waals surface area contributed by atoms with Gasteiger partial charge in [0, 0.05) is 6.04 Å². The fraction of sp³-hybridized carbons (Fsp3) is 0.400. The van der Waals surface area contributed by atoms with Crippen molar-refractivity contribution in [3.63, 3.8) is 0 Å². The molecule has 1 atom stereocenters. The third kappa shape index (κ3) is 1.87. The van der Waals surface area contributed by atoms with E-state index in [4.69, 9.17) is 34.8 Å². The molecule has 0 amide bonds. The summed E-state index contributed by atoms with van der Waals surface area (Å²) in [6.45, 7) is 1.04. The lowest BCUT2D eigenvalue weighted by Gasteiger charge is -2.13. The Labute approximate surface area is 98.3 Å². The van der Waals surface area contributed by atoms with Crippen LogP contribution in [0.2, 0.25) is 15.1 Å². The minimum atomic E-state index is 0.331. The van der Waals surface area contributed by atoms with Gasteiger partial charge in [-0.25, -0.2) is 0 Å². The molecule has 14 heavy (non-hydrogen) atoms. The molecule has 1 aromatic rings. The molecule has 0 aromatic heterocycles. The highest BCUT2D eigenvalue weighted by Crippen LogP contribution is 2.37. The van der Waals surface area contributed by atoms with Crippen LogP contribution < -0.4 is 5.32 Å². The Bertz CT molecular complexity index is 345. The number of hydrogen-bond acceptors (Lipinski definition) is 1. The van der Waals surface area contributed by atoms with Gasteiger partial charge in [-0.3, -0.25) is 0 Å². The normalized spacial score (nSPS) is 21.5. The Morgan fingerprint density at radius 3 is 2.57 bits per heavy atom. The number of halogens is 3. The van der Waals surface area contributed by atoms with E-state index in [1.165, 1.54) is 6.42 Å². The highest BCUT2D eigenvalue weighted by atomic mass is 35.5. The minimum Gasteiger partial charge on any atom is -0.310 e. The van der Waals surface area contributed by atoms with Gasteiger partial charge in [0.1, 0.15) is 0 Å². The SMILES string of the molecule is Clc1ccc([C@@H]2CCCN2)c(Cl)c1Cl. The second-order valence-electron chi connectivity index (χ2n) is 3.41. The van der Waals surface area contributed by atoms with Gasteiger partial charge >= 0.3 is 0 Å². The van der Waals surface area contributed by atoms with Crippen LogP contribution in [0.15, 0.2) is 12.1 Å². The molecule has 76 valence electrons. The second kappa shape index (κ2) is 4.28. The van der Waals surface area contributed by atoms with Crippen LogP contribution in [0.25, 0.3) is 0 Å². The Kier molecular flexibility index (Phi) is 3.23. The lowest BCUT2D eigenvalue weighted by molar-refractivity contribution is 0.648. The van der Waals surface area contributed by atoms with Crippen molar-refractivity contribution >= 4 is 34.8 Å². The Morgan fingerprint density at radius 2 is 1.93 bits per heavy atom. The first kappa shape index (κ1) is 10.6. The van der Waals surface area contributed by atoms with Crippen LogP contribution in [0.1, 0.15) is 24.4 Å². The molecule has 0 bridgehead atoms. The molecule has 0 radical (unpaired) electrons. The van der Waals surface area contributed by atoms with E-state index in [2.05, 4.69) is 5.32 Å². The summed E-state index contributed by atoms with van der Waals surface area (Å²) in [6.07, 6.45) is 2.29. The standard InChI is InChI=1S/C10H10Cl3N/c11-7-4-3-6(9(12)10(7)13)8-2-1-5-14-8/h3-4,8,14H,1-2,5H2/t8-/m0/s1. The van der Waals surface area contributed by atoms with E-state index in [0.717, 1.165) is 18.5 Å². The molecule has 1 heterocycles. The maximum Gasteiger partial charge on any atom is 0.0781 e. The molecule has 0 spiro atoms. The van der Waals surface area contributed by atoms with Crippen LogP contribution in [0.3, 0.4) is 0 Å². The van der Waals surface area contributed by atoms with Crippen LogP contribution in [0, 0.1) is 0 Å². The van der Waals surface area contributed by atoms with Gasteiger partial charge in [0.2, 0.25) is 0 Å². The van der Waals surface area contributed by atoms with Gasteiger partial charge in [0.05, 0.1) is 15.1 Å². The van der Waals surface area contributed by atoms with Gasteiger partial charge in [0.25, 0.3) is 0 Å². The van der Waals surface area contributed by atoms with Gasteiger partial charge in [-0.05, 0) is 31.0 Å². The fourth-order valence-electron chi connectivity index (χ4n) is 1.76. The van der Waals surface area contributed by atoms with Gasteiger partial charge in [0.15, 0.2) is 0 Å². The first-order chi connectivity index (χ1) is 6.70. The Hall–Kier alpha value is 0.0500. The van der Waals surface area contributed by atoms with E-state index in [1.807, 2.05) is 6.07 Å². The molecule has 0 aliphatic carbocycles. The molecule has 1 aromatic carbocycles. The predicted octanol–water partition coefficient (Wildman–Crippen LogP) is 4.07. The van der Waals surface area contributed by atoms with Gasteiger partial charge in [-0.15, -0.1) is 0 Å². The van der Waals surface area contributed by atoms with Crippen LogP contribution in [-0.4, -0.2) is 6.54 Å². The highest BCUT2D eigenvalue weighted by molar-refractivity contribution is 6.48. The van der Waals surface area contributed by atoms with Crippen molar-refractivity contribution in [1.29, 1.82) is 0 Å². The summed E-state index contributed by atoms with van der Waals surface area (Å²) < 4.78 is 0. The number of hydrogen-bond donors (Lipinski definition) is 1. The largest absolute Gasteiger partial charge is 0.310 e. The zero-order valence-electron chi connectivity index (χ0n) is 7.49. The minimum absolute atomic E-state index is 0.331. The molecule has 1 saturated heterocycles. The zero-order valence-corrected chi connectivity index (χ0v) is 9.76. The summed E-state index contributed by atoms with van der Waals surface area (Å²) in [5.74, 6) is 0. The highest BCUT2D eigenvalue weighted by Gasteiger charge is 2.20. The average molecular weight is 251 g/mol. The van der Waals surface area contributed by atoms with E-state index in [9.17, 15) is 0 Å². The first-order valence-corrected chi connectivity index (χ1v) is 5.70. The molecule has 1 aliphatic heterocycles. The van der Waals surface area contributed by atoms with Crippen molar-refractivity contribution < 1.29 is 0 Å².